The number of rotatable bonds is 3. The Morgan fingerprint density at radius 3 is 2.27 bits per heavy atom. The van der Waals surface area contributed by atoms with Crippen molar-refractivity contribution in [1.29, 1.82) is 0 Å². The van der Waals surface area contributed by atoms with Gasteiger partial charge in [-0.1, -0.05) is 27.2 Å². The van der Waals surface area contributed by atoms with Gasteiger partial charge in [0.15, 0.2) is 0 Å². The Hall–Kier alpha value is -1.06. The van der Waals surface area contributed by atoms with Crippen molar-refractivity contribution in [1.82, 2.24) is 5.32 Å². The molecular formula is C11H19NO3. The van der Waals surface area contributed by atoms with Crippen molar-refractivity contribution >= 4 is 11.9 Å². The monoisotopic (exact) mass is 213 g/mol. The Kier molecular flexibility index (Phi) is 3.07. The normalized spacial score (nSPS) is 28.7. The molecular weight excluding hydrogens is 194 g/mol. The van der Waals surface area contributed by atoms with Crippen LogP contribution in [0.2, 0.25) is 0 Å². The zero-order chi connectivity index (χ0) is 11.7. The SMILES string of the molecule is CC1(C)CCCC1(C)C(=O)NCC(=O)O. The van der Waals surface area contributed by atoms with Gasteiger partial charge in [-0.25, -0.2) is 0 Å². The quantitative estimate of drug-likeness (QED) is 0.744. The van der Waals surface area contributed by atoms with Gasteiger partial charge in [-0.05, 0) is 18.3 Å². The number of aliphatic carboxylic acids is 1. The first-order chi connectivity index (χ1) is 6.79. The van der Waals surface area contributed by atoms with Gasteiger partial charge in [0.2, 0.25) is 5.91 Å². The standard InChI is InChI=1S/C11H19NO3/c1-10(2)5-4-6-11(10,3)9(15)12-7-8(13)14/h4-7H2,1-3H3,(H,12,15)(H,13,14). The van der Waals surface area contributed by atoms with E-state index in [1.165, 1.54) is 0 Å². The van der Waals surface area contributed by atoms with Crippen LogP contribution >= 0.6 is 0 Å². The predicted octanol–water partition coefficient (Wildman–Crippen LogP) is 1.40. The average Bonchev–Trinajstić information content (AvgIpc) is 2.38. The summed E-state index contributed by atoms with van der Waals surface area (Å²) in [4.78, 5) is 22.3. The van der Waals surface area contributed by atoms with Crippen LogP contribution in [0.5, 0.6) is 0 Å². The van der Waals surface area contributed by atoms with Gasteiger partial charge in [-0.2, -0.15) is 0 Å². The van der Waals surface area contributed by atoms with E-state index in [-0.39, 0.29) is 17.9 Å². The highest BCUT2D eigenvalue weighted by Gasteiger charge is 2.50. The Balaban J connectivity index is 2.69. The summed E-state index contributed by atoms with van der Waals surface area (Å²) in [5.74, 6) is -1.13. The summed E-state index contributed by atoms with van der Waals surface area (Å²) in [6.07, 6.45) is 2.89. The van der Waals surface area contributed by atoms with Gasteiger partial charge in [0.05, 0.1) is 5.41 Å². The number of carbonyl (C=O) groups is 2. The summed E-state index contributed by atoms with van der Waals surface area (Å²) in [5, 5.41) is 11.0. The smallest absolute Gasteiger partial charge is 0.322 e. The number of carbonyl (C=O) groups excluding carboxylic acids is 1. The molecule has 0 aliphatic heterocycles. The molecule has 0 heterocycles. The van der Waals surface area contributed by atoms with Crippen LogP contribution in [0.15, 0.2) is 0 Å². The third-order valence-electron chi connectivity index (χ3n) is 3.87. The maximum atomic E-state index is 11.9. The third-order valence-corrected chi connectivity index (χ3v) is 3.87. The Morgan fingerprint density at radius 2 is 1.87 bits per heavy atom. The minimum atomic E-state index is -0.997. The number of amides is 1. The third kappa shape index (κ3) is 2.13. The fourth-order valence-corrected chi connectivity index (χ4v) is 2.27. The molecule has 0 aromatic rings. The van der Waals surface area contributed by atoms with Gasteiger partial charge in [0.25, 0.3) is 0 Å². The van der Waals surface area contributed by atoms with Gasteiger partial charge in [0.1, 0.15) is 6.54 Å². The molecule has 1 atom stereocenters. The number of carboxylic acid groups (broad SMARTS) is 1. The molecule has 0 aromatic heterocycles. The van der Waals surface area contributed by atoms with E-state index in [4.69, 9.17) is 5.11 Å². The zero-order valence-electron chi connectivity index (χ0n) is 9.59. The lowest BCUT2D eigenvalue weighted by Gasteiger charge is -2.36. The Bertz CT molecular complexity index is 286. The summed E-state index contributed by atoms with van der Waals surface area (Å²) in [6, 6.07) is 0. The van der Waals surface area contributed by atoms with Crippen LogP contribution in [0.25, 0.3) is 0 Å². The summed E-state index contributed by atoms with van der Waals surface area (Å²) in [5.41, 5.74) is -0.474. The lowest BCUT2D eigenvalue weighted by molar-refractivity contribution is -0.141. The summed E-state index contributed by atoms with van der Waals surface area (Å²) in [6.45, 7) is 5.78. The van der Waals surface area contributed by atoms with Crippen molar-refractivity contribution in [3.05, 3.63) is 0 Å². The van der Waals surface area contributed by atoms with Crippen molar-refractivity contribution in [2.24, 2.45) is 10.8 Å². The van der Waals surface area contributed by atoms with E-state index < -0.39 is 11.4 Å². The lowest BCUT2D eigenvalue weighted by atomic mass is 9.69. The second-order valence-corrected chi connectivity index (χ2v) is 5.15. The zero-order valence-corrected chi connectivity index (χ0v) is 9.59. The fraction of sp³-hybridized carbons (Fsp3) is 0.818. The molecule has 0 spiro atoms. The lowest BCUT2D eigenvalue weighted by Crippen LogP contribution is -2.46. The van der Waals surface area contributed by atoms with E-state index in [1.54, 1.807) is 0 Å². The van der Waals surface area contributed by atoms with E-state index in [9.17, 15) is 9.59 Å². The second kappa shape index (κ2) is 3.83. The van der Waals surface area contributed by atoms with Gasteiger partial charge < -0.3 is 10.4 Å². The highest BCUT2D eigenvalue weighted by atomic mass is 16.4. The molecule has 1 fully saturated rings. The molecule has 15 heavy (non-hydrogen) atoms. The van der Waals surface area contributed by atoms with E-state index >= 15 is 0 Å². The van der Waals surface area contributed by atoms with E-state index in [0.717, 1.165) is 19.3 Å². The molecule has 0 aromatic carbocycles. The number of hydrogen-bond acceptors (Lipinski definition) is 2. The molecule has 1 aliphatic rings. The molecule has 0 radical (unpaired) electrons. The molecule has 0 saturated heterocycles. The van der Waals surface area contributed by atoms with Gasteiger partial charge in [0, 0.05) is 0 Å². The predicted molar refractivity (Wildman–Crippen MR) is 56.4 cm³/mol. The minimum absolute atomic E-state index is 0.0460. The van der Waals surface area contributed by atoms with Crippen molar-refractivity contribution < 1.29 is 14.7 Å². The van der Waals surface area contributed by atoms with Gasteiger partial charge >= 0.3 is 5.97 Å². The molecule has 1 unspecified atom stereocenters. The molecule has 4 nitrogen and oxygen atoms in total. The first-order valence-electron chi connectivity index (χ1n) is 5.30. The van der Waals surface area contributed by atoms with Crippen molar-refractivity contribution in [3.63, 3.8) is 0 Å². The van der Waals surface area contributed by atoms with Crippen LogP contribution in [0.3, 0.4) is 0 Å². The van der Waals surface area contributed by atoms with E-state index in [0.29, 0.717) is 0 Å². The van der Waals surface area contributed by atoms with Crippen LogP contribution in [0.4, 0.5) is 0 Å². The van der Waals surface area contributed by atoms with Crippen LogP contribution in [-0.2, 0) is 9.59 Å². The molecule has 1 aliphatic carbocycles. The molecule has 1 amide bonds. The topological polar surface area (TPSA) is 66.4 Å². The summed E-state index contributed by atoms with van der Waals surface area (Å²) in [7, 11) is 0. The molecule has 2 N–H and O–H groups in total. The van der Waals surface area contributed by atoms with Crippen LogP contribution in [0.1, 0.15) is 40.0 Å². The molecule has 1 rings (SSSR count). The maximum absolute atomic E-state index is 11.9. The van der Waals surface area contributed by atoms with Crippen LogP contribution in [0, 0.1) is 10.8 Å². The van der Waals surface area contributed by atoms with Crippen LogP contribution in [-0.4, -0.2) is 23.5 Å². The molecule has 1 saturated carbocycles. The highest BCUT2D eigenvalue weighted by Crippen LogP contribution is 2.52. The minimum Gasteiger partial charge on any atom is -0.480 e. The van der Waals surface area contributed by atoms with Crippen molar-refractivity contribution in [2.75, 3.05) is 6.54 Å². The second-order valence-electron chi connectivity index (χ2n) is 5.15. The van der Waals surface area contributed by atoms with Gasteiger partial charge in [-0.3, -0.25) is 9.59 Å². The molecule has 86 valence electrons. The van der Waals surface area contributed by atoms with Gasteiger partial charge in [-0.15, -0.1) is 0 Å². The number of carboxylic acids is 1. The number of hydrogen-bond donors (Lipinski definition) is 2. The molecule has 4 heteroatoms. The Morgan fingerprint density at radius 1 is 1.27 bits per heavy atom. The maximum Gasteiger partial charge on any atom is 0.322 e. The van der Waals surface area contributed by atoms with E-state index in [2.05, 4.69) is 19.2 Å². The van der Waals surface area contributed by atoms with Crippen molar-refractivity contribution in [3.8, 4) is 0 Å². The molecule has 0 bridgehead atoms. The fourth-order valence-electron chi connectivity index (χ4n) is 2.27. The van der Waals surface area contributed by atoms with Crippen molar-refractivity contribution in [2.45, 2.75) is 40.0 Å². The number of nitrogens with one attached hydrogen (secondary N) is 1. The largest absolute Gasteiger partial charge is 0.480 e. The average molecular weight is 213 g/mol. The summed E-state index contributed by atoms with van der Waals surface area (Å²) >= 11 is 0. The first kappa shape index (κ1) is 12.0. The van der Waals surface area contributed by atoms with E-state index in [1.807, 2.05) is 6.92 Å². The van der Waals surface area contributed by atoms with Crippen LogP contribution < -0.4 is 5.32 Å². The summed E-state index contributed by atoms with van der Waals surface area (Å²) < 4.78 is 0. The Labute approximate surface area is 90.0 Å². The highest BCUT2D eigenvalue weighted by molar-refractivity contribution is 5.86. The first-order valence-corrected chi connectivity index (χ1v) is 5.30.